The number of hydrogen-bond acceptors (Lipinski definition) is 9. The largest absolute Gasteiger partial charge is 0.508 e. The van der Waals surface area contributed by atoms with E-state index in [4.69, 9.17) is 16.3 Å². The van der Waals surface area contributed by atoms with E-state index in [0.717, 1.165) is 28.0 Å². The van der Waals surface area contributed by atoms with Gasteiger partial charge in [-0.3, -0.25) is 23.7 Å². The van der Waals surface area contributed by atoms with Crippen LogP contribution in [0, 0.1) is 5.92 Å². The molecule has 2 N–H and O–H groups in total. The van der Waals surface area contributed by atoms with Crippen LogP contribution in [-0.2, 0) is 25.7 Å². The zero-order chi connectivity index (χ0) is 31.1. The number of fused-ring (bicyclic) bond motifs is 2. The molecule has 3 heterocycles. The number of amides is 3. The van der Waals surface area contributed by atoms with Gasteiger partial charge in [-0.15, -0.1) is 0 Å². The number of phenolic OH excluding ortho intramolecular Hbond substituents is 1. The van der Waals surface area contributed by atoms with Crippen LogP contribution in [0.25, 0.3) is 0 Å². The molecular weight excluding hydrogens is 626 g/mol. The van der Waals surface area contributed by atoms with Gasteiger partial charge < -0.3 is 15.2 Å². The molecule has 0 spiro atoms. The van der Waals surface area contributed by atoms with Gasteiger partial charge in [0.15, 0.2) is 0 Å². The highest BCUT2D eigenvalue weighted by atomic mass is 35.5. The third-order valence-corrected chi connectivity index (χ3v) is 10.2. The number of imide groups is 1. The molecule has 0 bridgehead atoms. The number of rotatable bonds is 7. The molecule has 2 aliphatic heterocycles. The highest BCUT2D eigenvalue weighted by molar-refractivity contribution is 8.00. The molecule has 1 fully saturated rings. The van der Waals surface area contributed by atoms with Crippen LogP contribution in [0.2, 0.25) is 5.02 Å². The molecule has 6 rings (SSSR count). The number of anilines is 2. The predicted octanol–water partition coefficient (Wildman–Crippen LogP) is 4.88. The molecular formula is C31H24ClN3O7S2. The third kappa shape index (κ3) is 5.40. The molecule has 0 aliphatic carbocycles. The molecule has 224 valence electrons. The number of nitrogens with zero attached hydrogens (tertiary/aromatic N) is 2. The number of aromatic nitrogens is 1. The lowest BCUT2D eigenvalue weighted by atomic mass is 9.83. The number of aromatic hydroxyl groups is 1. The monoisotopic (exact) mass is 649 g/mol. The highest BCUT2D eigenvalue weighted by Crippen LogP contribution is 2.54. The Balaban J connectivity index is 1.33. The van der Waals surface area contributed by atoms with E-state index in [-0.39, 0.29) is 18.9 Å². The second kappa shape index (κ2) is 11.9. The molecule has 2 unspecified atom stereocenters. The smallest absolute Gasteiger partial charge is 0.338 e. The Hall–Kier alpha value is -4.39. The van der Waals surface area contributed by atoms with Crippen LogP contribution >= 0.6 is 34.7 Å². The first-order chi connectivity index (χ1) is 21.2. The fourth-order valence-corrected chi connectivity index (χ4v) is 8.29. The van der Waals surface area contributed by atoms with E-state index in [1.807, 2.05) is 0 Å². The molecule has 0 radical (unpaired) electrons. The van der Waals surface area contributed by atoms with Crippen LogP contribution in [0.5, 0.6) is 5.75 Å². The Morgan fingerprint density at radius 2 is 1.64 bits per heavy atom. The van der Waals surface area contributed by atoms with E-state index in [2.05, 4.69) is 5.32 Å². The molecule has 3 aromatic carbocycles. The first-order valence-electron chi connectivity index (χ1n) is 13.6. The minimum Gasteiger partial charge on any atom is -0.508 e. The first kappa shape index (κ1) is 29.7. The van der Waals surface area contributed by atoms with Crippen molar-refractivity contribution in [3.05, 3.63) is 103 Å². The van der Waals surface area contributed by atoms with Crippen molar-refractivity contribution < 1.29 is 29.0 Å². The van der Waals surface area contributed by atoms with Gasteiger partial charge in [-0.05, 0) is 73.2 Å². The number of esters is 1. The van der Waals surface area contributed by atoms with Crippen molar-refractivity contribution >= 4 is 69.8 Å². The summed E-state index contributed by atoms with van der Waals surface area (Å²) in [7, 11) is 0. The minimum atomic E-state index is -0.858. The van der Waals surface area contributed by atoms with Gasteiger partial charge in [-0.2, -0.15) is 0 Å². The summed E-state index contributed by atoms with van der Waals surface area (Å²) in [5.41, 5.74) is 1.80. The van der Waals surface area contributed by atoms with Crippen LogP contribution in [0.15, 0.2) is 82.6 Å². The summed E-state index contributed by atoms with van der Waals surface area (Å²) in [4.78, 5) is 67.3. The van der Waals surface area contributed by atoms with Gasteiger partial charge in [0.2, 0.25) is 17.7 Å². The maximum Gasteiger partial charge on any atom is 0.338 e. The van der Waals surface area contributed by atoms with Gasteiger partial charge in [0.1, 0.15) is 17.5 Å². The Morgan fingerprint density at radius 1 is 0.955 bits per heavy atom. The summed E-state index contributed by atoms with van der Waals surface area (Å²) in [5, 5.41) is 12.7. The molecule has 13 heteroatoms. The number of phenols is 1. The van der Waals surface area contributed by atoms with Crippen LogP contribution in [0.4, 0.5) is 11.4 Å². The van der Waals surface area contributed by atoms with E-state index >= 15 is 0 Å². The summed E-state index contributed by atoms with van der Waals surface area (Å²) < 4.78 is 6.30. The van der Waals surface area contributed by atoms with Crippen molar-refractivity contribution in [1.29, 1.82) is 0 Å². The second-order valence-corrected chi connectivity index (χ2v) is 12.7. The summed E-state index contributed by atoms with van der Waals surface area (Å²) in [6, 6.07) is 18.9. The number of halogens is 1. The van der Waals surface area contributed by atoms with Crippen molar-refractivity contribution in [1.82, 2.24) is 4.57 Å². The number of thiazole rings is 1. The van der Waals surface area contributed by atoms with Crippen LogP contribution < -0.4 is 15.1 Å². The number of thioether (sulfide) groups is 1. The van der Waals surface area contributed by atoms with Crippen molar-refractivity contribution in [2.45, 2.75) is 29.7 Å². The quantitative estimate of drug-likeness (QED) is 0.214. The lowest BCUT2D eigenvalue weighted by molar-refractivity contribution is -0.122. The summed E-state index contributed by atoms with van der Waals surface area (Å²) in [6.45, 7) is 1.61. The Kier molecular flexibility index (Phi) is 8.06. The Labute approximate surface area is 264 Å². The average molecular weight is 650 g/mol. The van der Waals surface area contributed by atoms with E-state index < -0.39 is 45.6 Å². The zero-order valence-electron chi connectivity index (χ0n) is 23.1. The van der Waals surface area contributed by atoms with Gasteiger partial charge in [0, 0.05) is 21.5 Å². The van der Waals surface area contributed by atoms with Crippen molar-refractivity contribution in [3.63, 3.8) is 0 Å². The summed E-state index contributed by atoms with van der Waals surface area (Å²) in [6.07, 6.45) is 0. The Bertz CT molecular complexity index is 1840. The molecule has 0 saturated carbocycles. The molecule has 2 aliphatic rings. The second-order valence-electron chi connectivity index (χ2n) is 10.1. The van der Waals surface area contributed by atoms with E-state index in [0.29, 0.717) is 37.4 Å². The van der Waals surface area contributed by atoms with Gasteiger partial charge in [-0.1, -0.05) is 46.8 Å². The number of ether oxygens (including phenoxy) is 1. The van der Waals surface area contributed by atoms with E-state index in [1.165, 1.54) is 28.8 Å². The molecule has 3 amide bonds. The molecule has 10 nitrogen and oxygen atoms in total. The van der Waals surface area contributed by atoms with Gasteiger partial charge in [0.05, 0.1) is 28.8 Å². The SMILES string of the molecule is CCOC(=O)c1ccc(NC(=O)Cn2c3c(sc2=O)[C@@H](c2ccc(O)cc2)C2C(=O)N(c4ccc(Cl)cc4)C(=O)C2S3)cc1. The average Bonchev–Trinajstić information content (AvgIpc) is 3.45. The molecule has 4 aromatic rings. The maximum atomic E-state index is 13.9. The summed E-state index contributed by atoms with van der Waals surface area (Å²) in [5.74, 6) is -3.26. The minimum absolute atomic E-state index is 0.0324. The molecule has 1 aromatic heterocycles. The standard InChI is InChI=1S/C31H24ClN3O7S2/c1-2-42-30(40)17-3-9-19(10-4-17)33-22(37)15-34-29-26(44-31(34)41)23(16-5-13-21(36)14-6-16)24-25(43-29)28(39)35(27(24)38)20-11-7-18(32)8-12-20/h3-14,23-25,36H,2,15H2,1H3,(H,33,37)/t23-,24?,25?/m0/s1. The van der Waals surface area contributed by atoms with Crippen molar-refractivity contribution in [2.24, 2.45) is 5.92 Å². The Morgan fingerprint density at radius 3 is 2.30 bits per heavy atom. The van der Waals surface area contributed by atoms with Crippen LogP contribution in [0.1, 0.15) is 33.6 Å². The molecule has 1 saturated heterocycles. The number of benzene rings is 3. The zero-order valence-corrected chi connectivity index (χ0v) is 25.4. The lowest BCUT2D eigenvalue weighted by Gasteiger charge is -2.30. The fourth-order valence-electron chi connectivity index (χ4n) is 5.39. The number of carbonyl (C=O) groups excluding carboxylic acids is 4. The lowest BCUT2D eigenvalue weighted by Crippen LogP contribution is -2.33. The fraction of sp³-hybridized carbons (Fsp3) is 0.194. The highest BCUT2D eigenvalue weighted by Gasteiger charge is 2.56. The summed E-state index contributed by atoms with van der Waals surface area (Å²) >= 11 is 8.06. The predicted molar refractivity (Wildman–Crippen MR) is 167 cm³/mol. The van der Waals surface area contributed by atoms with Crippen molar-refractivity contribution in [3.8, 4) is 5.75 Å². The van der Waals surface area contributed by atoms with E-state index in [9.17, 15) is 29.1 Å². The molecule has 3 atom stereocenters. The third-order valence-electron chi connectivity index (χ3n) is 7.37. The number of carbonyl (C=O) groups is 4. The number of nitrogens with one attached hydrogen (secondary N) is 1. The topological polar surface area (TPSA) is 135 Å². The maximum absolute atomic E-state index is 13.9. The van der Waals surface area contributed by atoms with Gasteiger partial charge >= 0.3 is 10.8 Å². The first-order valence-corrected chi connectivity index (χ1v) is 15.6. The van der Waals surface area contributed by atoms with Gasteiger partial charge in [0.25, 0.3) is 0 Å². The van der Waals surface area contributed by atoms with E-state index in [1.54, 1.807) is 55.5 Å². The number of hydrogen-bond donors (Lipinski definition) is 2. The van der Waals surface area contributed by atoms with Crippen LogP contribution in [-0.4, -0.2) is 45.2 Å². The van der Waals surface area contributed by atoms with Crippen LogP contribution in [0.3, 0.4) is 0 Å². The molecule has 44 heavy (non-hydrogen) atoms. The van der Waals surface area contributed by atoms with Gasteiger partial charge in [-0.25, -0.2) is 9.69 Å². The normalized spacial score (nSPS) is 19.0. The van der Waals surface area contributed by atoms with Crippen molar-refractivity contribution in [2.75, 3.05) is 16.8 Å².